The Morgan fingerprint density at radius 3 is 2.75 bits per heavy atom. The van der Waals surface area contributed by atoms with Gasteiger partial charge in [-0.05, 0) is 60.8 Å². The van der Waals surface area contributed by atoms with Gasteiger partial charge in [-0.3, -0.25) is 0 Å². The van der Waals surface area contributed by atoms with Gasteiger partial charge in [-0.2, -0.15) is 0 Å². The van der Waals surface area contributed by atoms with Crippen LogP contribution in [0.5, 0.6) is 0 Å². The van der Waals surface area contributed by atoms with Crippen molar-refractivity contribution >= 4 is 15.9 Å². The highest BCUT2D eigenvalue weighted by atomic mass is 79.9. The van der Waals surface area contributed by atoms with Crippen LogP contribution in [0, 0.1) is 11.6 Å². The van der Waals surface area contributed by atoms with Gasteiger partial charge >= 0.3 is 0 Å². The Bertz CT molecular complexity index is 469. The number of ether oxygens (including phenoxy) is 1. The molecule has 3 unspecified atom stereocenters. The lowest BCUT2D eigenvalue weighted by atomic mass is 9.97. The van der Waals surface area contributed by atoms with Gasteiger partial charge < -0.3 is 10.1 Å². The van der Waals surface area contributed by atoms with Crippen molar-refractivity contribution in [3.05, 3.63) is 33.8 Å². The van der Waals surface area contributed by atoms with Crippen molar-refractivity contribution < 1.29 is 13.5 Å². The van der Waals surface area contributed by atoms with Gasteiger partial charge in [0.15, 0.2) is 0 Å². The maximum atomic E-state index is 14.3. The van der Waals surface area contributed by atoms with Crippen LogP contribution in [0.4, 0.5) is 8.78 Å². The summed E-state index contributed by atoms with van der Waals surface area (Å²) < 4.78 is 34.5. The summed E-state index contributed by atoms with van der Waals surface area (Å²) in [5.41, 5.74) is 0.0759. The molecule has 3 atom stereocenters. The van der Waals surface area contributed by atoms with Crippen LogP contribution in [-0.2, 0) is 4.74 Å². The number of halogens is 3. The Balaban J connectivity index is 2.33. The van der Waals surface area contributed by atoms with Crippen LogP contribution in [-0.4, -0.2) is 18.8 Å². The Labute approximate surface area is 127 Å². The minimum atomic E-state index is -0.540. The van der Waals surface area contributed by atoms with Crippen LogP contribution < -0.4 is 5.32 Å². The standard InChI is InChI=1S/C15H20BrF2NO/c1-3-8-19-15(12-7-4-9(2)20-12)13-11(17)6-5-10(16)14(13)18/h5-6,9,12,15,19H,3-4,7-8H2,1-2H3. The number of nitrogens with one attached hydrogen (secondary N) is 1. The first-order valence-electron chi connectivity index (χ1n) is 7.06. The zero-order valence-electron chi connectivity index (χ0n) is 11.8. The first-order valence-corrected chi connectivity index (χ1v) is 7.86. The first-order chi connectivity index (χ1) is 9.54. The van der Waals surface area contributed by atoms with E-state index in [9.17, 15) is 8.78 Å². The van der Waals surface area contributed by atoms with E-state index in [1.807, 2.05) is 13.8 Å². The van der Waals surface area contributed by atoms with Crippen LogP contribution in [0.3, 0.4) is 0 Å². The van der Waals surface area contributed by atoms with Crippen molar-refractivity contribution in [2.75, 3.05) is 6.54 Å². The van der Waals surface area contributed by atoms with E-state index in [1.165, 1.54) is 12.1 Å². The summed E-state index contributed by atoms with van der Waals surface area (Å²) in [5.74, 6) is -1.07. The summed E-state index contributed by atoms with van der Waals surface area (Å²) in [6, 6.07) is 2.24. The fourth-order valence-corrected chi connectivity index (χ4v) is 2.97. The van der Waals surface area contributed by atoms with E-state index >= 15 is 0 Å². The van der Waals surface area contributed by atoms with E-state index in [2.05, 4.69) is 21.2 Å². The number of rotatable bonds is 5. The predicted molar refractivity (Wildman–Crippen MR) is 78.7 cm³/mol. The molecule has 2 rings (SSSR count). The van der Waals surface area contributed by atoms with E-state index < -0.39 is 17.7 Å². The third-order valence-corrected chi connectivity index (χ3v) is 4.25. The normalized spacial score (nSPS) is 24.1. The summed E-state index contributed by atoms with van der Waals surface area (Å²) in [6.07, 6.45) is 2.59. The molecule has 0 saturated carbocycles. The van der Waals surface area contributed by atoms with Crippen LogP contribution in [0.25, 0.3) is 0 Å². The molecule has 1 aliphatic heterocycles. The third-order valence-electron chi connectivity index (χ3n) is 3.64. The minimum absolute atomic E-state index is 0.0759. The Morgan fingerprint density at radius 2 is 2.15 bits per heavy atom. The number of benzene rings is 1. The second kappa shape index (κ2) is 6.96. The predicted octanol–water partition coefficient (Wildman–Crippen LogP) is 4.34. The quantitative estimate of drug-likeness (QED) is 0.800. The van der Waals surface area contributed by atoms with Gasteiger partial charge in [0.1, 0.15) is 11.6 Å². The molecule has 0 bridgehead atoms. The average molecular weight is 348 g/mol. The van der Waals surface area contributed by atoms with Crippen molar-refractivity contribution in [2.45, 2.75) is 51.4 Å². The van der Waals surface area contributed by atoms with E-state index in [0.29, 0.717) is 6.54 Å². The lowest BCUT2D eigenvalue weighted by Gasteiger charge is -2.26. The van der Waals surface area contributed by atoms with Crippen LogP contribution in [0.15, 0.2) is 16.6 Å². The summed E-state index contributed by atoms with van der Waals surface area (Å²) in [5, 5.41) is 3.23. The van der Waals surface area contributed by atoms with Crippen molar-refractivity contribution in [3.8, 4) is 0 Å². The molecule has 1 aliphatic rings. The van der Waals surface area contributed by atoms with Crippen molar-refractivity contribution in [1.29, 1.82) is 0 Å². The molecule has 2 nitrogen and oxygen atoms in total. The molecule has 0 aromatic heterocycles. The lowest BCUT2D eigenvalue weighted by molar-refractivity contribution is 0.0299. The van der Waals surface area contributed by atoms with Gasteiger partial charge in [-0.25, -0.2) is 8.78 Å². The molecule has 0 spiro atoms. The van der Waals surface area contributed by atoms with Crippen molar-refractivity contribution in [3.63, 3.8) is 0 Å². The summed E-state index contributed by atoms with van der Waals surface area (Å²) in [4.78, 5) is 0. The number of hydrogen-bond acceptors (Lipinski definition) is 2. The van der Waals surface area contributed by atoms with Crippen LogP contribution in [0.1, 0.15) is 44.7 Å². The zero-order chi connectivity index (χ0) is 14.7. The molecule has 1 aromatic rings. The molecule has 0 aliphatic carbocycles. The van der Waals surface area contributed by atoms with E-state index in [0.717, 1.165) is 19.3 Å². The molecular weight excluding hydrogens is 328 g/mol. The molecule has 0 amide bonds. The molecule has 20 heavy (non-hydrogen) atoms. The topological polar surface area (TPSA) is 21.3 Å². The monoisotopic (exact) mass is 347 g/mol. The molecule has 1 saturated heterocycles. The van der Waals surface area contributed by atoms with E-state index in [1.54, 1.807) is 0 Å². The van der Waals surface area contributed by atoms with Gasteiger partial charge in [0.25, 0.3) is 0 Å². The summed E-state index contributed by atoms with van der Waals surface area (Å²) in [6.45, 7) is 4.71. The fourth-order valence-electron chi connectivity index (χ4n) is 2.63. The molecule has 1 fully saturated rings. The minimum Gasteiger partial charge on any atom is -0.373 e. The van der Waals surface area contributed by atoms with Gasteiger partial charge in [0.05, 0.1) is 22.7 Å². The van der Waals surface area contributed by atoms with E-state index in [-0.39, 0.29) is 22.2 Å². The average Bonchev–Trinajstić information content (AvgIpc) is 2.84. The summed E-state index contributed by atoms with van der Waals surface area (Å²) >= 11 is 3.13. The highest BCUT2D eigenvalue weighted by molar-refractivity contribution is 9.10. The fraction of sp³-hybridized carbons (Fsp3) is 0.600. The Kier molecular flexibility index (Phi) is 5.52. The Hall–Kier alpha value is -0.520. The highest BCUT2D eigenvalue weighted by Gasteiger charge is 2.34. The van der Waals surface area contributed by atoms with Crippen LogP contribution in [0.2, 0.25) is 0 Å². The smallest absolute Gasteiger partial charge is 0.145 e. The molecule has 1 N–H and O–H groups in total. The first kappa shape index (κ1) is 15.9. The molecule has 1 heterocycles. The Morgan fingerprint density at radius 1 is 1.40 bits per heavy atom. The second-order valence-electron chi connectivity index (χ2n) is 5.25. The molecule has 5 heteroatoms. The number of hydrogen-bond donors (Lipinski definition) is 1. The van der Waals surface area contributed by atoms with Gasteiger partial charge in [-0.1, -0.05) is 6.92 Å². The van der Waals surface area contributed by atoms with E-state index in [4.69, 9.17) is 4.74 Å². The highest BCUT2D eigenvalue weighted by Crippen LogP contribution is 2.34. The van der Waals surface area contributed by atoms with Gasteiger partial charge in [-0.15, -0.1) is 0 Å². The second-order valence-corrected chi connectivity index (χ2v) is 6.11. The maximum Gasteiger partial charge on any atom is 0.145 e. The largest absolute Gasteiger partial charge is 0.373 e. The van der Waals surface area contributed by atoms with Crippen LogP contribution >= 0.6 is 15.9 Å². The SMILES string of the molecule is CCCNC(c1c(F)ccc(Br)c1F)C1CCC(C)O1. The van der Waals surface area contributed by atoms with Crippen molar-refractivity contribution in [1.82, 2.24) is 5.32 Å². The molecular formula is C15H20BrF2NO. The summed E-state index contributed by atoms with van der Waals surface area (Å²) in [7, 11) is 0. The van der Waals surface area contributed by atoms with Crippen molar-refractivity contribution in [2.24, 2.45) is 0 Å². The maximum absolute atomic E-state index is 14.3. The van der Waals surface area contributed by atoms with Gasteiger partial charge in [0.2, 0.25) is 0 Å². The molecule has 0 radical (unpaired) electrons. The molecule has 1 aromatic carbocycles. The lowest BCUT2D eigenvalue weighted by Crippen LogP contribution is -2.34. The zero-order valence-corrected chi connectivity index (χ0v) is 13.3. The third kappa shape index (κ3) is 3.38. The van der Waals surface area contributed by atoms with Gasteiger partial charge in [0, 0.05) is 5.56 Å². The molecule has 112 valence electrons.